The van der Waals surface area contributed by atoms with Crippen LogP contribution in [0.4, 0.5) is 5.69 Å². The third-order valence-corrected chi connectivity index (χ3v) is 5.26. The van der Waals surface area contributed by atoms with E-state index in [4.69, 9.17) is 0 Å². The van der Waals surface area contributed by atoms with Gasteiger partial charge in [0.05, 0.1) is 17.6 Å². The normalized spacial score (nSPS) is 12.0. The lowest BCUT2D eigenvalue weighted by Crippen LogP contribution is -2.12. The van der Waals surface area contributed by atoms with E-state index in [2.05, 4.69) is 81.6 Å². The summed E-state index contributed by atoms with van der Waals surface area (Å²) >= 11 is 5.31. The predicted molar refractivity (Wildman–Crippen MR) is 94.1 cm³/mol. The Balaban J connectivity index is 1.82. The first-order chi connectivity index (χ1) is 9.93. The number of rotatable bonds is 3. The minimum Gasteiger partial charge on any atom is -0.380 e. The molecule has 2 heterocycles. The van der Waals surface area contributed by atoms with Crippen molar-refractivity contribution >= 4 is 44.0 Å². The van der Waals surface area contributed by atoms with E-state index < -0.39 is 0 Å². The van der Waals surface area contributed by atoms with Gasteiger partial charge in [0, 0.05) is 20.5 Å². The molecule has 3 rings (SSSR count). The van der Waals surface area contributed by atoms with Crippen LogP contribution >= 0.6 is 27.3 Å². The van der Waals surface area contributed by atoms with E-state index in [-0.39, 0.29) is 5.41 Å². The Bertz CT molecular complexity index is 767. The number of hydrogen-bond acceptors (Lipinski definition) is 3. The van der Waals surface area contributed by atoms with E-state index in [1.807, 2.05) is 0 Å². The molecular weight excluding hydrogens is 346 g/mol. The highest BCUT2D eigenvalue weighted by atomic mass is 79.9. The third kappa shape index (κ3) is 3.14. The highest BCUT2D eigenvalue weighted by Gasteiger charge is 2.18. The van der Waals surface area contributed by atoms with Gasteiger partial charge in [0.15, 0.2) is 0 Å². The van der Waals surface area contributed by atoms with Crippen LogP contribution in [0.2, 0.25) is 0 Å². The molecule has 110 valence electrons. The molecule has 0 atom stereocenters. The van der Waals surface area contributed by atoms with Crippen LogP contribution in [0.15, 0.2) is 34.1 Å². The molecule has 0 saturated heterocycles. The van der Waals surface area contributed by atoms with Crippen LogP contribution in [0.1, 0.15) is 31.5 Å². The summed E-state index contributed by atoms with van der Waals surface area (Å²) in [5.74, 6) is 1.02. The Morgan fingerprint density at radius 2 is 2.10 bits per heavy atom. The maximum Gasteiger partial charge on any atom is 0.112 e. The second-order valence-electron chi connectivity index (χ2n) is 6.11. The number of anilines is 1. The molecule has 0 bridgehead atoms. The number of benzene rings is 1. The molecule has 1 aromatic carbocycles. The molecule has 3 aromatic rings. The first kappa shape index (κ1) is 14.6. The van der Waals surface area contributed by atoms with Gasteiger partial charge in [-0.05, 0) is 45.6 Å². The van der Waals surface area contributed by atoms with Crippen LogP contribution in [0.5, 0.6) is 0 Å². The second kappa shape index (κ2) is 5.46. The maximum atomic E-state index is 4.66. The van der Waals surface area contributed by atoms with Gasteiger partial charge in [-0.3, -0.25) is 0 Å². The van der Waals surface area contributed by atoms with Crippen molar-refractivity contribution in [1.29, 1.82) is 0 Å². The van der Waals surface area contributed by atoms with Crippen LogP contribution in [0.25, 0.3) is 11.0 Å². The zero-order chi connectivity index (χ0) is 15.0. The standard InChI is InChI=1S/C16H18BrN3S/c1-16(2,3)15-19-12-5-4-10(8-13(12)20-15)18-9-14-11(17)6-7-21-14/h4-8,18H,9H2,1-3H3,(H,19,20). The van der Waals surface area contributed by atoms with E-state index in [9.17, 15) is 0 Å². The van der Waals surface area contributed by atoms with Crippen molar-refractivity contribution in [2.75, 3.05) is 5.32 Å². The van der Waals surface area contributed by atoms with Crippen molar-refractivity contribution in [2.24, 2.45) is 0 Å². The Morgan fingerprint density at radius 3 is 2.76 bits per heavy atom. The molecule has 0 amide bonds. The number of halogens is 1. The zero-order valence-electron chi connectivity index (χ0n) is 12.3. The zero-order valence-corrected chi connectivity index (χ0v) is 14.7. The monoisotopic (exact) mass is 363 g/mol. The van der Waals surface area contributed by atoms with Crippen molar-refractivity contribution in [3.63, 3.8) is 0 Å². The van der Waals surface area contributed by atoms with Gasteiger partial charge < -0.3 is 10.3 Å². The van der Waals surface area contributed by atoms with Gasteiger partial charge in [0.2, 0.25) is 0 Å². The van der Waals surface area contributed by atoms with E-state index in [1.165, 1.54) is 4.88 Å². The number of hydrogen-bond donors (Lipinski definition) is 2. The van der Waals surface area contributed by atoms with Gasteiger partial charge in [0.1, 0.15) is 5.82 Å². The van der Waals surface area contributed by atoms with Gasteiger partial charge in [-0.2, -0.15) is 0 Å². The van der Waals surface area contributed by atoms with Crippen molar-refractivity contribution < 1.29 is 0 Å². The molecule has 0 aliphatic rings. The lowest BCUT2D eigenvalue weighted by molar-refractivity contribution is 0.554. The summed E-state index contributed by atoms with van der Waals surface area (Å²) in [6.45, 7) is 7.32. The van der Waals surface area contributed by atoms with Gasteiger partial charge in [0.25, 0.3) is 0 Å². The van der Waals surface area contributed by atoms with Gasteiger partial charge in [-0.15, -0.1) is 11.3 Å². The molecule has 3 nitrogen and oxygen atoms in total. The average molecular weight is 364 g/mol. The van der Waals surface area contributed by atoms with Gasteiger partial charge in [-0.25, -0.2) is 4.98 Å². The van der Waals surface area contributed by atoms with Crippen LogP contribution in [-0.4, -0.2) is 9.97 Å². The highest BCUT2D eigenvalue weighted by Crippen LogP contribution is 2.26. The summed E-state index contributed by atoms with van der Waals surface area (Å²) in [6, 6.07) is 8.35. The molecule has 5 heteroatoms. The van der Waals surface area contributed by atoms with Crippen molar-refractivity contribution in [3.05, 3.63) is 44.8 Å². The number of nitrogens with zero attached hydrogens (tertiary/aromatic N) is 1. The number of aromatic amines is 1. The largest absolute Gasteiger partial charge is 0.380 e. The fourth-order valence-corrected chi connectivity index (χ4v) is 3.54. The minimum atomic E-state index is 0.0362. The molecule has 2 aromatic heterocycles. The fraction of sp³-hybridized carbons (Fsp3) is 0.312. The number of thiophene rings is 1. The highest BCUT2D eigenvalue weighted by molar-refractivity contribution is 9.10. The first-order valence-electron chi connectivity index (χ1n) is 6.89. The van der Waals surface area contributed by atoms with E-state index in [0.717, 1.165) is 33.6 Å². The quantitative estimate of drug-likeness (QED) is 0.662. The van der Waals surface area contributed by atoms with Gasteiger partial charge in [-0.1, -0.05) is 20.8 Å². The summed E-state index contributed by atoms with van der Waals surface area (Å²) in [5, 5.41) is 5.55. The molecule has 0 spiro atoms. The third-order valence-electron chi connectivity index (χ3n) is 3.34. The number of fused-ring (bicyclic) bond motifs is 1. The number of nitrogens with one attached hydrogen (secondary N) is 2. The summed E-state index contributed by atoms with van der Waals surface area (Å²) in [7, 11) is 0. The number of aromatic nitrogens is 2. The maximum absolute atomic E-state index is 4.66. The predicted octanol–water partition coefficient (Wildman–Crippen LogP) is 5.30. The lowest BCUT2D eigenvalue weighted by Gasteiger charge is -2.13. The molecule has 0 aliphatic carbocycles. The average Bonchev–Trinajstić information content (AvgIpc) is 3.01. The topological polar surface area (TPSA) is 40.7 Å². The molecule has 21 heavy (non-hydrogen) atoms. The number of imidazole rings is 1. The van der Waals surface area contributed by atoms with Crippen molar-refractivity contribution in [3.8, 4) is 0 Å². The molecule has 0 radical (unpaired) electrons. The lowest BCUT2D eigenvalue weighted by atomic mass is 9.96. The number of H-pyrrole nitrogens is 1. The Morgan fingerprint density at radius 1 is 1.29 bits per heavy atom. The molecule has 0 unspecified atom stereocenters. The van der Waals surface area contributed by atoms with Crippen molar-refractivity contribution in [1.82, 2.24) is 9.97 Å². The van der Waals surface area contributed by atoms with E-state index >= 15 is 0 Å². The van der Waals surface area contributed by atoms with Crippen LogP contribution in [0, 0.1) is 0 Å². The minimum absolute atomic E-state index is 0.0362. The summed E-state index contributed by atoms with van der Waals surface area (Å²) in [6.07, 6.45) is 0. The molecule has 0 saturated carbocycles. The summed E-state index contributed by atoms with van der Waals surface area (Å²) < 4.78 is 1.16. The second-order valence-corrected chi connectivity index (χ2v) is 7.97. The van der Waals surface area contributed by atoms with Gasteiger partial charge >= 0.3 is 0 Å². The summed E-state index contributed by atoms with van der Waals surface area (Å²) in [4.78, 5) is 9.38. The summed E-state index contributed by atoms with van der Waals surface area (Å²) in [5.41, 5.74) is 3.24. The van der Waals surface area contributed by atoms with E-state index in [1.54, 1.807) is 11.3 Å². The van der Waals surface area contributed by atoms with Crippen molar-refractivity contribution in [2.45, 2.75) is 32.7 Å². The fourth-order valence-electron chi connectivity index (χ4n) is 2.11. The Hall–Kier alpha value is -1.33. The van der Waals surface area contributed by atoms with Crippen LogP contribution < -0.4 is 5.32 Å². The Labute approximate surface area is 136 Å². The van der Waals surface area contributed by atoms with Crippen LogP contribution in [0.3, 0.4) is 0 Å². The van der Waals surface area contributed by atoms with Crippen LogP contribution in [-0.2, 0) is 12.0 Å². The smallest absolute Gasteiger partial charge is 0.112 e. The SMILES string of the molecule is CC(C)(C)c1nc2ccc(NCc3sccc3Br)cc2[nH]1. The molecule has 2 N–H and O–H groups in total. The first-order valence-corrected chi connectivity index (χ1v) is 8.57. The molecule has 0 fully saturated rings. The Kier molecular flexibility index (Phi) is 3.80. The molecular formula is C16H18BrN3S. The molecule has 0 aliphatic heterocycles. The van der Waals surface area contributed by atoms with E-state index in [0.29, 0.717) is 0 Å².